The SMILES string of the molecule is Cc1ccccc1C(OC(c1ccccc1C)C(C)C)C(C)C. The Morgan fingerprint density at radius 1 is 0.609 bits per heavy atom. The molecule has 2 unspecified atom stereocenters. The van der Waals surface area contributed by atoms with Crippen molar-refractivity contribution in [2.75, 3.05) is 0 Å². The van der Waals surface area contributed by atoms with E-state index in [-0.39, 0.29) is 12.2 Å². The Bertz CT molecular complexity index is 572. The Morgan fingerprint density at radius 3 is 1.26 bits per heavy atom. The minimum Gasteiger partial charge on any atom is -0.365 e. The van der Waals surface area contributed by atoms with Gasteiger partial charge in [0.15, 0.2) is 0 Å². The Kier molecular flexibility index (Phi) is 6.01. The lowest BCUT2D eigenvalue weighted by molar-refractivity contribution is -0.0615. The van der Waals surface area contributed by atoms with Crippen LogP contribution >= 0.6 is 0 Å². The third-order valence-electron chi connectivity index (χ3n) is 4.49. The molecular weight excluding hydrogens is 280 g/mol. The van der Waals surface area contributed by atoms with Gasteiger partial charge >= 0.3 is 0 Å². The summed E-state index contributed by atoms with van der Waals surface area (Å²) in [6.45, 7) is 13.3. The highest BCUT2D eigenvalue weighted by Crippen LogP contribution is 2.37. The highest BCUT2D eigenvalue weighted by atomic mass is 16.5. The molecule has 0 saturated heterocycles. The normalized spacial score (nSPS) is 14.3. The molecule has 0 aliphatic rings. The standard InChI is InChI=1S/C22H30O/c1-15(2)21(19-13-9-7-11-17(19)5)23-22(16(3)4)20-14-10-8-12-18(20)6/h7-16,21-22H,1-6H3. The van der Waals surface area contributed by atoms with Crippen molar-refractivity contribution in [1.82, 2.24) is 0 Å². The lowest BCUT2D eigenvalue weighted by atomic mass is 9.92. The van der Waals surface area contributed by atoms with Crippen molar-refractivity contribution in [2.24, 2.45) is 11.8 Å². The topological polar surface area (TPSA) is 9.23 Å². The molecule has 1 nitrogen and oxygen atoms in total. The molecule has 0 bridgehead atoms. The predicted octanol–water partition coefficient (Wildman–Crippen LogP) is 6.41. The summed E-state index contributed by atoms with van der Waals surface area (Å²) in [5, 5.41) is 0. The molecule has 0 fully saturated rings. The quantitative estimate of drug-likeness (QED) is 0.598. The van der Waals surface area contributed by atoms with Crippen LogP contribution < -0.4 is 0 Å². The van der Waals surface area contributed by atoms with Gasteiger partial charge in [0, 0.05) is 0 Å². The van der Waals surface area contributed by atoms with E-state index in [9.17, 15) is 0 Å². The second kappa shape index (κ2) is 7.79. The van der Waals surface area contributed by atoms with Crippen LogP contribution in [0.15, 0.2) is 48.5 Å². The minimum absolute atomic E-state index is 0.114. The van der Waals surface area contributed by atoms with Crippen LogP contribution in [0.2, 0.25) is 0 Å². The molecule has 0 aliphatic heterocycles. The third kappa shape index (κ3) is 4.23. The summed E-state index contributed by atoms with van der Waals surface area (Å²) in [5.74, 6) is 0.864. The molecule has 0 radical (unpaired) electrons. The van der Waals surface area contributed by atoms with Crippen LogP contribution in [0.1, 0.15) is 62.2 Å². The zero-order chi connectivity index (χ0) is 17.0. The summed E-state index contributed by atoms with van der Waals surface area (Å²) in [7, 11) is 0. The maximum Gasteiger partial charge on any atom is 0.0858 e. The maximum atomic E-state index is 6.71. The number of hydrogen-bond donors (Lipinski definition) is 0. The van der Waals surface area contributed by atoms with Gasteiger partial charge in [-0.3, -0.25) is 0 Å². The van der Waals surface area contributed by atoms with Crippen LogP contribution in [-0.4, -0.2) is 0 Å². The van der Waals surface area contributed by atoms with E-state index in [1.165, 1.54) is 22.3 Å². The van der Waals surface area contributed by atoms with Crippen LogP contribution in [0.3, 0.4) is 0 Å². The minimum atomic E-state index is 0.114. The number of ether oxygens (including phenoxy) is 1. The summed E-state index contributed by atoms with van der Waals surface area (Å²) in [4.78, 5) is 0. The van der Waals surface area contributed by atoms with Gasteiger partial charge < -0.3 is 4.74 Å². The molecule has 2 aromatic carbocycles. The summed E-state index contributed by atoms with van der Waals surface area (Å²) in [6, 6.07) is 17.2. The first-order valence-electron chi connectivity index (χ1n) is 8.68. The fourth-order valence-corrected chi connectivity index (χ4v) is 3.15. The lowest BCUT2D eigenvalue weighted by Crippen LogP contribution is -2.20. The van der Waals surface area contributed by atoms with Crippen molar-refractivity contribution >= 4 is 0 Å². The Hall–Kier alpha value is -1.60. The van der Waals surface area contributed by atoms with Crippen molar-refractivity contribution in [3.63, 3.8) is 0 Å². The molecule has 23 heavy (non-hydrogen) atoms. The molecule has 124 valence electrons. The largest absolute Gasteiger partial charge is 0.365 e. The zero-order valence-corrected chi connectivity index (χ0v) is 15.3. The second-order valence-electron chi connectivity index (χ2n) is 7.18. The highest BCUT2D eigenvalue weighted by Gasteiger charge is 2.26. The number of rotatable bonds is 6. The van der Waals surface area contributed by atoms with E-state index in [0.29, 0.717) is 11.8 Å². The van der Waals surface area contributed by atoms with Crippen molar-refractivity contribution in [2.45, 2.75) is 53.8 Å². The Labute approximate surface area is 141 Å². The monoisotopic (exact) mass is 310 g/mol. The molecule has 0 N–H and O–H groups in total. The summed E-state index contributed by atoms with van der Waals surface area (Å²) >= 11 is 0. The van der Waals surface area contributed by atoms with Gasteiger partial charge in [0.05, 0.1) is 12.2 Å². The molecule has 1 heteroatoms. The van der Waals surface area contributed by atoms with Gasteiger partial charge in [-0.15, -0.1) is 0 Å². The molecule has 2 aromatic rings. The van der Waals surface area contributed by atoms with Gasteiger partial charge in [0.1, 0.15) is 0 Å². The average molecular weight is 310 g/mol. The fourth-order valence-electron chi connectivity index (χ4n) is 3.15. The summed E-state index contributed by atoms with van der Waals surface area (Å²) in [5.41, 5.74) is 5.22. The van der Waals surface area contributed by atoms with Crippen molar-refractivity contribution in [3.05, 3.63) is 70.8 Å². The van der Waals surface area contributed by atoms with Gasteiger partial charge in [-0.25, -0.2) is 0 Å². The first kappa shape index (κ1) is 17.7. The third-order valence-corrected chi connectivity index (χ3v) is 4.49. The smallest absolute Gasteiger partial charge is 0.0858 e. The van der Waals surface area contributed by atoms with Gasteiger partial charge in [-0.05, 0) is 47.9 Å². The van der Waals surface area contributed by atoms with E-state index in [1.54, 1.807) is 0 Å². The Morgan fingerprint density at radius 2 is 0.957 bits per heavy atom. The van der Waals surface area contributed by atoms with Crippen LogP contribution in [0, 0.1) is 25.7 Å². The maximum absolute atomic E-state index is 6.71. The van der Waals surface area contributed by atoms with Crippen molar-refractivity contribution in [3.8, 4) is 0 Å². The molecule has 2 rings (SSSR count). The van der Waals surface area contributed by atoms with E-state index in [1.807, 2.05) is 0 Å². The molecule has 0 aliphatic carbocycles. The van der Waals surface area contributed by atoms with E-state index in [2.05, 4.69) is 90.1 Å². The number of aryl methyl sites for hydroxylation is 2. The average Bonchev–Trinajstić information content (AvgIpc) is 2.50. The van der Waals surface area contributed by atoms with E-state index in [0.717, 1.165) is 0 Å². The first-order chi connectivity index (χ1) is 10.9. The Balaban J connectivity index is 2.37. The van der Waals surface area contributed by atoms with Crippen molar-refractivity contribution < 1.29 is 4.74 Å². The second-order valence-corrected chi connectivity index (χ2v) is 7.18. The van der Waals surface area contributed by atoms with Crippen LogP contribution in [-0.2, 0) is 4.74 Å². The lowest BCUT2D eigenvalue weighted by Gasteiger charge is -2.32. The molecule has 0 amide bonds. The molecule has 0 spiro atoms. The van der Waals surface area contributed by atoms with Gasteiger partial charge in [-0.1, -0.05) is 76.2 Å². The molecule has 0 saturated carbocycles. The van der Waals surface area contributed by atoms with Gasteiger partial charge in [-0.2, -0.15) is 0 Å². The molecular formula is C22H30O. The highest BCUT2D eigenvalue weighted by molar-refractivity contribution is 5.30. The fraction of sp³-hybridized carbons (Fsp3) is 0.455. The molecule has 0 aromatic heterocycles. The van der Waals surface area contributed by atoms with E-state index in [4.69, 9.17) is 4.74 Å². The van der Waals surface area contributed by atoms with Gasteiger partial charge in [0.2, 0.25) is 0 Å². The van der Waals surface area contributed by atoms with Crippen LogP contribution in [0.4, 0.5) is 0 Å². The molecule has 2 atom stereocenters. The van der Waals surface area contributed by atoms with Crippen molar-refractivity contribution in [1.29, 1.82) is 0 Å². The van der Waals surface area contributed by atoms with Crippen LogP contribution in [0.25, 0.3) is 0 Å². The first-order valence-corrected chi connectivity index (χ1v) is 8.68. The van der Waals surface area contributed by atoms with E-state index >= 15 is 0 Å². The summed E-state index contributed by atoms with van der Waals surface area (Å²) < 4.78 is 6.71. The van der Waals surface area contributed by atoms with E-state index < -0.39 is 0 Å². The molecule has 0 heterocycles. The summed E-state index contributed by atoms with van der Waals surface area (Å²) in [6.07, 6.45) is 0.228. The van der Waals surface area contributed by atoms with Gasteiger partial charge in [0.25, 0.3) is 0 Å². The zero-order valence-electron chi connectivity index (χ0n) is 15.3. The van der Waals surface area contributed by atoms with Crippen LogP contribution in [0.5, 0.6) is 0 Å². The number of hydrogen-bond acceptors (Lipinski definition) is 1. The predicted molar refractivity (Wildman–Crippen MR) is 98.6 cm³/mol. The number of benzene rings is 2.